The predicted octanol–water partition coefficient (Wildman–Crippen LogP) is 3.58. The van der Waals surface area contributed by atoms with Gasteiger partial charge in [0.1, 0.15) is 40.8 Å². The van der Waals surface area contributed by atoms with Gasteiger partial charge in [-0.1, -0.05) is 35.5 Å². The lowest BCUT2D eigenvalue weighted by atomic mass is 9.94. The number of nitrogens with two attached hydrogens (primary N) is 2. The average Bonchev–Trinajstić information content (AvgIpc) is 2.79. The highest BCUT2D eigenvalue weighted by Gasteiger charge is 2.32. The first-order chi connectivity index (χ1) is 16.4. The summed E-state index contributed by atoms with van der Waals surface area (Å²) >= 11 is 7.98. The number of ether oxygens (including phenoxy) is 1. The van der Waals surface area contributed by atoms with Crippen LogP contribution in [0.3, 0.4) is 0 Å². The molecule has 0 amide bonds. The van der Waals surface area contributed by atoms with Crippen molar-refractivity contribution in [3.8, 4) is 23.8 Å². The molecule has 7 N–H and O–H groups in total. The molecule has 1 aliphatic heterocycles. The first-order valence-electron chi connectivity index (χ1n) is 9.70. The number of nitrogen functional groups attached to an aromatic ring is 2. The van der Waals surface area contributed by atoms with Gasteiger partial charge in [-0.25, -0.2) is 9.98 Å². The molecule has 0 saturated heterocycles. The van der Waals surface area contributed by atoms with E-state index in [0.29, 0.717) is 16.2 Å². The molecule has 0 spiro atoms. The SMILES string of the molecule is COc1ccccc1Sc1cc(O)c(C2N=C(NC#N)Nc3nc(N)c(C#N)c(N)c32)c(Cl)c1. The van der Waals surface area contributed by atoms with E-state index < -0.39 is 6.04 Å². The second kappa shape index (κ2) is 9.27. The van der Waals surface area contributed by atoms with Crippen molar-refractivity contribution in [2.45, 2.75) is 15.8 Å². The summed E-state index contributed by atoms with van der Waals surface area (Å²) in [5.41, 5.74) is 12.7. The average molecular weight is 493 g/mol. The number of fused-ring (bicyclic) bond motifs is 1. The molecule has 34 heavy (non-hydrogen) atoms. The summed E-state index contributed by atoms with van der Waals surface area (Å²) in [7, 11) is 1.58. The fraction of sp³-hybridized carbons (Fsp3) is 0.0909. The third-order valence-corrected chi connectivity index (χ3v) is 6.35. The number of phenols is 1. The quantitative estimate of drug-likeness (QED) is 0.267. The fourth-order valence-corrected chi connectivity index (χ4v) is 4.91. The molecule has 4 rings (SSSR count). The molecule has 10 nitrogen and oxygen atoms in total. The molecular weight excluding hydrogens is 476 g/mol. The van der Waals surface area contributed by atoms with Gasteiger partial charge >= 0.3 is 0 Å². The Balaban J connectivity index is 1.84. The van der Waals surface area contributed by atoms with E-state index >= 15 is 0 Å². The molecule has 1 aliphatic rings. The third kappa shape index (κ3) is 4.06. The smallest absolute Gasteiger partial charge is 0.211 e. The molecule has 2 aromatic carbocycles. The number of methoxy groups -OCH3 is 1. The molecule has 0 aliphatic carbocycles. The minimum atomic E-state index is -0.967. The molecule has 0 bridgehead atoms. The van der Waals surface area contributed by atoms with Crippen molar-refractivity contribution >= 4 is 46.6 Å². The number of benzene rings is 2. The third-order valence-electron chi connectivity index (χ3n) is 5.01. The number of nitrogens with one attached hydrogen (secondary N) is 2. The number of aromatic nitrogens is 1. The molecule has 2 heterocycles. The summed E-state index contributed by atoms with van der Waals surface area (Å²) in [6.45, 7) is 0. The van der Waals surface area contributed by atoms with Crippen molar-refractivity contribution < 1.29 is 9.84 Å². The largest absolute Gasteiger partial charge is 0.507 e. The van der Waals surface area contributed by atoms with Gasteiger partial charge in [0.25, 0.3) is 0 Å². The number of para-hydroxylation sites is 1. The molecule has 1 atom stereocenters. The summed E-state index contributed by atoms with van der Waals surface area (Å²) in [4.78, 5) is 10.1. The lowest BCUT2D eigenvalue weighted by molar-refractivity contribution is 0.405. The van der Waals surface area contributed by atoms with E-state index in [1.807, 2.05) is 30.3 Å². The molecule has 170 valence electrons. The number of pyridine rings is 1. The number of aliphatic imine (C=N–C) groups is 1. The maximum absolute atomic E-state index is 11.0. The summed E-state index contributed by atoms with van der Waals surface area (Å²) in [5, 5.41) is 34.9. The van der Waals surface area contributed by atoms with Gasteiger partial charge in [0.05, 0.1) is 22.7 Å². The van der Waals surface area contributed by atoms with Crippen LogP contribution in [0.5, 0.6) is 11.5 Å². The summed E-state index contributed by atoms with van der Waals surface area (Å²) in [6, 6.07) is 11.6. The predicted molar refractivity (Wildman–Crippen MR) is 130 cm³/mol. The monoisotopic (exact) mass is 492 g/mol. The number of hydrogen-bond acceptors (Lipinski definition) is 11. The number of anilines is 3. The highest BCUT2D eigenvalue weighted by atomic mass is 35.5. The van der Waals surface area contributed by atoms with Crippen molar-refractivity contribution in [3.63, 3.8) is 0 Å². The van der Waals surface area contributed by atoms with E-state index in [0.717, 1.165) is 4.90 Å². The zero-order valence-electron chi connectivity index (χ0n) is 17.6. The number of nitrogens with zero attached hydrogens (tertiary/aromatic N) is 4. The number of aromatic hydroxyl groups is 1. The zero-order chi connectivity index (χ0) is 24.4. The number of phenolic OH excluding ortho intramolecular Hbond substituents is 1. The van der Waals surface area contributed by atoms with Crippen molar-refractivity contribution in [2.75, 3.05) is 23.9 Å². The molecule has 12 heteroatoms. The highest BCUT2D eigenvalue weighted by molar-refractivity contribution is 7.99. The number of nitriles is 2. The Morgan fingerprint density at radius 1 is 1.24 bits per heavy atom. The van der Waals surface area contributed by atoms with Crippen molar-refractivity contribution in [2.24, 2.45) is 4.99 Å². The standard InChI is InChI=1S/C22H17ClN8O2S/c1-33-14-4-2-3-5-15(14)34-10-6-12(23)16(13(32)7-10)19-17-18(26)11(8-24)20(27)30-21(17)31-22(29-19)28-9-25/h2-7,19,32H,1H3,(H6,26,27,28,29,30,31). The van der Waals surface area contributed by atoms with Crippen molar-refractivity contribution in [1.29, 1.82) is 10.5 Å². The number of rotatable bonds is 4. The Hall–Kier alpha value is -4.32. The zero-order valence-corrected chi connectivity index (χ0v) is 19.2. The van der Waals surface area contributed by atoms with Gasteiger partial charge in [-0.05, 0) is 24.3 Å². The van der Waals surface area contributed by atoms with Crippen LogP contribution in [-0.4, -0.2) is 23.2 Å². The molecule has 1 aromatic heterocycles. The minimum Gasteiger partial charge on any atom is -0.507 e. The van der Waals surface area contributed by atoms with Gasteiger partial charge in [0.2, 0.25) is 5.96 Å². The van der Waals surface area contributed by atoms with Crippen LogP contribution >= 0.6 is 23.4 Å². The Morgan fingerprint density at radius 2 is 2.00 bits per heavy atom. The van der Waals surface area contributed by atoms with Crippen LogP contribution in [0.2, 0.25) is 5.02 Å². The van der Waals surface area contributed by atoms with Crippen molar-refractivity contribution in [3.05, 3.63) is 58.1 Å². The van der Waals surface area contributed by atoms with Gasteiger partial charge in [-0.3, -0.25) is 5.32 Å². The van der Waals surface area contributed by atoms with Crippen LogP contribution in [0.25, 0.3) is 0 Å². The fourth-order valence-electron chi connectivity index (χ4n) is 3.53. The van der Waals surface area contributed by atoms with Crippen LogP contribution in [-0.2, 0) is 0 Å². The van der Waals surface area contributed by atoms with Gasteiger partial charge in [-0.15, -0.1) is 0 Å². The summed E-state index contributed by atoms with van der Waals surface area (Å²) in [6.07, 6.45) is 1.77. The van der Waals surface area contributed by atoms with Crippen LogP contribution in [0, 0.1) is 22.8 Å². The molecule has 0 fully saturated rings. The van der Waals surface area contributed by atoms with Gasteiger partial charge < -0.3 is 26.6 Å². The molecule has 1 unspecified atom stereocenters. The Kier molecular flexibility index (Phi) is 6.23. The van der Waals surface area contributed by atoms with Gasteiger partial charge in [0.15, 0.2) is 6.19 Å². The first-order valence-corrected chi connectivity index (χ1v) is 10.9. The molecule has 0 radical (unpaired) electrons. The Labute approximate surface area is 203 Å². The lowest BCUT2D eigenvalue weighted by Crippen LogP contribution is -2.32. The number of hydrogen-bond donors (Lipinski definition) is 5. The maximum atomic E-state index is 11.0. The van der Waals surface area contributed by atoms with Crippen LogP contribution < -0.4 is 26.8 Å². The van der Waals surface area contributed by atoms with E-state index in [-0.39, 0.29) is 45.2 Å². The summed E-state index contributed by atoms with van der Waals surface area (Å²) in [5.74, 6) is 0.685. The van der Waals surface area contributed by atoms with E-state index in [9.17, 15) is 10.4 Å². The highest BCUT2D eigenvalue weighted by Crippen LogP contribution is 2.47. The van der Waals surface area contributed by atoms with Gasteiger partial charge in [-0.2, -0.15) is 10.5 Å². The number of halogens is 1. The van der Waals surface area contributed by atoms with Crippen molar-refractivity contribution in [1.82, 2.24) is 10.3 Å². The van der Waals surface area contributed by atoms with Crippen LogP contribution in [0.4, 0.5) is 17.3 Å². The van der Waals surface area contributed by atoms with Crippen LogP contribution in [0.1, 0.15) is 22.7 Å². The molecule has 0 saturated carbocycles. The number of guanidine groups is 1. The van der Waals surface area contributed by atoms with E-state index in [1.54, 1.807) is 25.4 Å². The van der Waals surface area contributed by atoms with Gasteiger partial charge in [0, 0.05) is 16.0 Å². The maximum Gasteiger partial charge on any atom is 0.211 e. The normalized spacial score (nSPS) is 14.1. The first kappa shape index (κ1) is 22.9. The molecular formula is C22H17ClN8O2S. The van der Waals surface area contributed by atoms with E-state index in [4.69, 9.17) is 33.1 Å². The molecule has 3 aromatic rings. The Bertz CT molecular complexity index is 1390. The van der Waals surface area contributed by atoms with Crippen LogP contribution in [0.15, 0.2) is 51.2 Å². The lowest BCUT2D eigenvalue weighted by Gasteiger charge is -2.27. The second-order valence-electron chi connectivity index (χ2n) is 6.99. The van der Waals surface area contributed by atoms with E-state index in [1.165, 1.54) is 11.8 Å². The second-order valence-corrected chi connectivity index (χ2v) is 8.52. The Morgan fingerprint density at radius 3 is 2.68 bits per heavy atom. The summed E-state index contributed by atoms with van der Waals surface area (Å²) < 4.78 is 5.38. The van der Waals surface area contributed by atoms with E-state index in [2.05, 4.69) is 20.6 Å². The topological polar surface area (TPSA) is 178 Å². The minimum absolute atomic E-state index is 0.0172.